The van der Waals surface area contributed by atoms with E-state index in [2.05, 4.69) is 0 Å². The van der Waals surface area contributed by atoms with Crippen LogP contribution in [0, 0.1) is 0 Å². The molecule has 0 aromatic heterocycles. The van der Waals surface area contributed by atoms with Gasteiger partial charge in [-0.05, 0) is 0 Å². The van der Waals surface area contributed by atoms with Crippen LogP contribution in [-0.4, -0.2) is 89.0 Å². The molecule has 0 saturated carbocycles. The summed E-state index contributed by atoms with van der Waals surface area (Å²) in [5, 5.41) is 17.0. The van der Waals surface area contributed by atoms with Crippen LogP contribution in [0.15, 0.2) is 0 Å². The summed E-state index contributed by atoms with van der Waals surface area (Å²) in [6, 6.07) is 0. The first-order valence-electron chi connectivity index (χ1n) is 7.28. The van der Waals surface area contributed by atoms with Gasteiger partial charge in [-0.3, -0.25) is 4.79 Å². The first-order valence-corrected chi connectivity index (χ1v) is 7.28. The third-order valence-electron chi connectivity index (χ3n) is 3.62. The van der Waals surface area contributed by atoms with E-state index < -0.39 is 78.8 Å². The number of nitrogens with zero attached hydrogens (tertiary/aromatic N) is 1. The fourth-order valence-electron chi connectivity index (χ4n) is 1.86. The van der Waals surface area contributed by atoms with Gasteiger partial charge in [0, 0.05) is 13.1 Å². The Kier molecular flexibility index (Phi) is 7.91. The van der Waals surface area contributed by atoms with Gasteiger partial charge in [-0.2, -0.15) is 65.9 Å². The molecule has 31 heavy (non-hydrogen) atoms. The molecule has 0 heterocycles. The fraction of sp³-hybridized carbons (Fsp3) is 0.917. The van der Waals surface area contributed by atoms with Crippen molar-refractivity contribution >= 4 is 5.91 Å². The van der Waals surface area contributed by atoms with Crippen molar-refractivity contribution in [2.75, 3.05) is 26.3 Å². The lowest BCUT2D eigenvalue weighted by atomic mass is 9.90. The summed E-state index contributed by atoms with van der Waals surface area (Å²) < 4.78 is 195. The second-order valence-corrected chi connectivity index (χ2v) is 5.68. The Morgan fingerprint density at radius 2 is 0.839 bits per heavy atom. The number of alkyl halides is 15. The quantitative estimate of drug-likeness (QED) is 0.453. The zero-order chi connectivity index (χ0) is 25.5. The van der Waals surface area contributed by atoms with Crippen LogP contribution in [-0.2, 0) is 4.79 Å². The maximum atomic E-state index is 13.7. The SMILES string of the molecule is O=C(N(CCO)CCO)C(F)(F)C(F)(F)C(F)(F)C(F)(F)C(F)(F)C(F)(F)C(F)(F)F. The molecule has 4 nitrogen and oxygen atoms in total. The second-order valence-electron chi connectivity index (χ2n) is 5.68. The van der Waals surface area contributed by atoms with Gasteiger partial charge in [0.05, 0.1) is 13.2 Å². The van der Waals surface area contributed by atoms with Crippen LogP contribution in [0.1, 0.15) is 0 Å². The van der Waals surface area contributed by atoms with Crippen molar-refractivity contribution in [2.24, 2.45) is 0 Å². The first-order chi connectivity index (χ1) is 13.4. The minimum absolute atomic E-state index is 0.718. The van der Waals surface area contributed by atoms with Gasteiger partial charge in [0.1, 0.15) is 0 Å². The highest BCUT2D eigenvalue weighted by molar-refractivity contribution is 5.85. The van der Waals surface area contributed by atoms with Crippen molar-refractivity contribution in [3.8, 4) is 0 Å². The van der Waals surface area contributed by atoms with Crippen LogP contribution in [0.2, 0.25) is 0 Å². The van der Waals surface area contributed by atoms with E-state index in [4.69, 9.17) is 10.2 Å². The van der Waals surface area contributed by atoms with E-state index in [1.165, 1.54) is 0 Å². The second kappa shape index (κ2) is 8.36. The normalized spacial score (nSPS) is 15.3. The predicted octanol–water partition coefficient (Wildman–Crippen LogP) is 3.17. The lowest BCUT2D eigenvalue weighted by Gasteiger charge is -2.41. The van der Waals surface area contributed by atoms with E-state index in [1.54, 1.807) is 0 Å². The average Bonchev–Trinajstić information content (AvgIpc) is 2.58. The van der Waals surface area contributed by atoms with Gasteiger partial charge in [0.15, 0.2) is 0 Å². The molecule has 0 unspecified atom stereocenters. The van der Waals surface area contributed by atoms with Crippen molar-refractivity contribution in [3.05, 3.63) is 0 Å². The minimum atomic E-state index is -8.50. The fourth-order valence-corrected chi connectivity index (χ4v) is 1.86. The molecule has 1 amide bonds. The number of halogens is 15. The van der Waals surface area contributed by atoms with Gasteiger partial charge in [-0.1, -0.05) is 0 Å². The predicted molar refractivity (Wildman–Crippen MR) is 66.5 cm³/mol. The molecule has 0 aromatic rings. The number of hydrogen-bond acceptors (Lipinski definition) is 3. The molecule has 0 spiro atoms. The Balaban J connectivity index is 6.58. The molecule has 0 rings (SSSR count). The van der Waals surface area contributed by atoms with Crippen molar-refractivity contribution < 1.29 is 80.9 Å². The van der Waals surface area contributed by atoms with Crippen LogP contribution in [0.25, 0.3) is 0 Å². The standard InChI is InChI=1S/C12H10F15NO3/c13-6(14,5(31)28(1-3-29)2-4-30)7(15,16)8(17,18)9(19,20)10(21,22)11(23,24)12(25,26)27/h29-30H,1-4H2. The molecule has 0 bridgehead atoms. The molecule has 0 aliphatic heterocycles. The molecule has 0 aromatic carbocycles. The summed E-state index contributed by atoms with van der Waals surface area (Å²) in [4.78, 5) is 10.6. The number of amides is 1. The Morgan fingerprint density at radius 1 is 0.548 bits per heavy atom. The average molecular weight is 501 g/mol. The van der Waals surface area contributed by atoms with Crippen LogP contribution >= 0.6 is 0 Å². The molecule has 186 valence electrons. The molecule has 0 saturated heterocycles. The zero-order valence-electron chi connectivity index (χ0n) is 14.2. The number of aliphatic hydroxyl groups excluding tert-OH is 2. The van der Waals surface area contributed by atoms with E-state index in [-0.39, 0.29) is 0 Å². The van der Waals surface area contributed by atoms with E-state index in [9.17, 15) is 70.7 Å². The number of carbonyl (C=O) groups excluding carboxylic acids is 1. The van der Waals surface area contributed by atoms with E-state index in [0.717, 1.165) is 0 Å². The Labute approximate surface area is 161 Å². The zero-order valence-corrected chi connectivity index (χ0v) is 14.2. The van der Waals surface area contributed by atoms with E-state index in [1.807, 2.05) is 0 Å². The molecule has 0 aliphatic carbocycles. The largest absolute Gasteiger partial charge is 0.460 e. The molecule has 2 N–H and O–H groups in total. The Bertz CT molecular complexity index is 640. The third-order valence-corrected chi connectivity index (χ3v) is 3.62. The van der Waals surface area contributed by atoms with Crippen LogP contribution < -0.4 is 0 Å². The van der Waals surface area contributed by atoms with Crippen molar-refractivity contribution in [2.45, 2.75) is 41.7 Å². The summed E-state index contributed by atoms with van der Waals surface area (Å²) in [6.07, 6.45) is -7.72. The van der Waals surface area contributed by atoms with E-state index in [0.29, 0.717) is 0 Å². The van der Waals surface area contributed by atoms with Gasteiger partial charge < -0.3 is 15.1 Å². The Hall–Kier alpha value is -1.66. The summed E-state index contributed by atoms with van der Waals surface area (Å²) in [5.74, 6) is -52.0. The molecular weight excluding hydrogens is 491 g/mol. The maximum absolute atomic E-state index is 13.7. The van der Waals surface area contributed by atoms with Crippen LogP contribution in [0.3, 0.4) is 0 Å². The highest BCUT2D eigenvalue weighted by atomic mass is 19.4. The van der Waals surface area contributed by atoms with Gasteiger partial charge in [-0.15, -0.1) is 0 Å². The van der Waals surface area contributed by atoms with Crippen molar-refractivity contribution in [1.82, 2.24) is 4.90 Å². The summed E-state index contributed by atoms with van der Waals surface area (Å²) in [6.45, 7) is -5.57. The summed E-state index contributed by atoms with van der Waals surface area (Å²) >= 11 is 0. The van der Waals surface area contributed by atoms with Crippen LogP contribution in [0.5, 0.6) is 0 Å². The molecule has 0 atom stereocenters. The summed E-state index contributed by atoms with van der Waals surface area (Å²) in [7, 11) is 0. The number of rotatable bonds is 10. The molecule has 0 fully saturated rings. The van der Waals surface area contributed by atoms with Gasteiger partial charge in [0.2, 0.25) is 0 Å². The highest BCUT2D eigenvalue weighted by Crippen LogP contribution is 2.62. The first kappa shape index (κ1) is 29.3. The van der Waals surface area contributed by atoms with Gasteiger partial charge in [-0.25, -0.2) is 0 Å². The van der Waals surface area contributed by atoms with E-state index >= 15 is 0 Å². The summed E-state index contributed by atoms with van der Waals surface area (Å²) in [5.41, 5.74) is 0. The van der Waals surface area contributed by atoms with Gasteiger partial charge in [0.25, 0.3) is 5.91 Å². The molecule has 0 aliphatic rings. The lowest BCUT2D eigenvalue weighted by molar-refractivity contribution is -0.449. The van der Waals surface area contributed by atoms with Crippen molar-refractivity contribution in [1.29, 1.82) is 0 Å². The monoisotopic (exact) mass is 501 g/mol. The lowest BCUT2D eigenvalue weighted by Crippen LogP contribution is -2.74. The smallest absolute Gasteiger partial charge is 0.395 e. The number of hydrogen-bond donors (Lipinski definition) is 2. The third kappa shape index (κ3) is 4.21. The maximum Gasteiger partial charge on any atom is 0.460 e. The van der Waals surface area contributed by atoms with Crippen molar-refractivity contribution in [3.63, 3.8) is 0 Å². The molecule has 19 heteroatoms. The highest BCUT2D eigenvalue weighted by Gasteiger charge is 2.94. The Morgan fingerprint density at radius 3 is 1.13 bits per heavy atom. The number of aliphatic hydroxyl groups is 2. The van der Waals surface area contributed by atoms with Gasteiger partial charge >= 0.3 is 41.7 Å². The van der Waals surface area contributed by atoms with Crippen LogP contribution in [0.4, 0.5) is 65.9 Å². The number of carbonyl (C=O) groups is 1. The molecular formula is C12H10F15NO3. The minimum Gasteiger partial charge on any atom is -0.395 e. The topological polar surface area (TPSA) is 60.8 Å². The molecule has 0 radical (unpaired) electrons.